The molecule has 0 bridgehead atoms. The Morgan fingerprint density at radius 1 is 1.42 bits per heavy atom. The largest absolute Gasteiger partial charge is 0.391 e. The fourth-order valence-electron chi connectivity index (χ4n) is 2.80. The van der Waals surface area contributed by atoms with Crippen molar-refractivity contribution in [3.05, 3.63) is 18.7 Å². The molecule has 2 rings (SSSR count). The van der Waals surface area contributed by atoms with E-state index >= 15 is 0 Å². The van der Waals surface area contributed by atoms with E-state index in [0.717, 1.165) is 13.0 Å². The molecule has 3 unspecified atom stereocenters. The zero-order valence-corrected chi connectivity index (χ0v) is 11.0. The van der Waals surface area contributed by atoms with Crippen molar-refractivity contribution in [2.24, 2.45) is 5.92 Å². The molecule has 3 atom stereocenters. The molecule has 108 valence electrons. The maximum absolute atomic E-state index is 12.7. The molecular formula is C13H20F3N3. The zero-order valence-electron chi connectivity index (χ0n) is 11.0. The maximum Gasteiger partial charge on any atom is 0.391 e. The van der Waals surface area contributed by atoms with Crippen LogP contribution in [0.1, 0.15) is 32.6 Å². The van der Waals surface area contributed by atoms with Crippen LogP contribution in [-0.2, 0) is 6.54 Å². The third-order valence-corrected chi connectivity index (χ3v) is 3.70. The van der Waals surface area contributed by atoms with Crippen LogP contribution in [0.5, 0.6) is 0 Å². The number of aromatic nitrogens is 2. The quantitative estimate of drug-likeness (QED) is 0.915. The monoisotopic (exact) mass is 275 g/mol. The van der Waals surface area contributed by atoms with Gasteiger partial charge in [-0.2, -0.15) is 13.2 Å². The van der Waals surface area contributed by atoms with E-state index in [1.54, 1.807) is 12.5 Å². The van der Waals surface area contributed by atoms with Crippen LogP contribution in [0.25, 0.3) is 0 Å². The van der Waals surface area contributed by atoms with Crippen molar-refractivity contribution in [3.63, 3.8) is 0 Å². The second kappa shape index (κ2) is 5.94. The predicted octanol–water partition coefficient (Wildman–Crippen LogP) is 2.98. The number of hydrogen-bond acceptors (Lipinski definition) is 2. The summed E-state index contributed by atoms with van der Waals surface area (Å²) >= 11 is 0. The molecule has 1 heterocycles. The third-order valence-electron chi connectivity index (χ3n) is 3.70. The van der Waals surface area contributed by atoms with Crippen molar-refractivity contribution >= 4 is 0 Å². The Kier molecular flexibility index (Phi) is 4.50. The van der Waals surface area contributed by atoms with Gasteiger partial charge >= 0.3 is 6.18 Å². The first kappa shape index (κ1) is 14.4. The van der Waals surface area contributed by atoms with Gasteiger partial charge < -0.3 is 9.88 Å². The number of rotatable bonds is 4. The lowest BCUT2D eigenvalue weighted by molar-refractivity contribution is -0.183. The van der Waals surface area contributed by atoms with Gasteiger partial charge in [-0.1, -0.05) is 6.42 Å². The van der Waals surface area contributed by atoms with Crippen molar-refractivity contribution in [1.82, 2.24) is 14.9 Å². The summed E-state index contributed by atoms with van der Waals surface area (Å²) < 4.78 is 40.1. The van der Waals surface area contributed by atoms with Crippen LogP contribution in [0.2, 0.25) is 0 Å². The zero-order chi connectivity index (χ0) is 13.9. The average Bonchev–Trinajstić information content (AvgIpc) is 2.80. The van der Waals surface area contributed by atoms with E-state index < -0.39 is 12.1 Å². The van der Waals surface area contributed by atoms with Gasteiger partial charge in [0.15, 0.2) is 0 Å². The third kappa shape index (κ3) is 4.23. The van der Waals surface area contributed by atoms with Crippen molar-refractivity contribution < 1.29 is 13.2 Å². The minimum Gasteiger partial charge on any atom is -0.336 e. The molecule has 0 saturated heterocycles. The molecule has 1 aromatic heterocycles. The van der Waals surface area contributed by atoms with Crippen LogP contribution in [0.4, 0.5) is 13.2 Å². The summed E-state index contributed by atoms with van der Waals surface area (Å²) in [7, 11) is 0. The summed E-state index contributed by atoms with van der Waals surface area (Å²) in [5.41, 5.74) is 0. The minimum atomic E-state index is -4.05. The van der Waals surface area contributed by atoms with Crippen LogP contribution in [-0.4, -0.2) is 27.8 Å². The lowest BCUT2D eigenvalue weighted by atomic mass is 9.85. The van der Waals surface area contributed by atoms with Crippen LogP contribution in [0.3, 0.4) is 0 Å². The molecule has 6 heteroatoms. The van der Waals surface area contributed by atoms with Crippen molar-refractivity contribution in [2.75, 3.05) is 0 Å². The van der Waals surface area contributed by atoms with Gasteiger partial charge in [-0.3, -0.25) is 0 Å². The molecule has 19 heavy (non-hydrogen) atoms. The lowest BCUT2D eigenvalue weighted by Gasteiger charge is -2.33. The molecule has 1 N–H and O–H groups in total. The van der Waals surface area contributed by atoms with Gasteiger partial charge in [-0.05, 0) is 26.2 Å². The SMILES string of the molecule is CC(Cn1ccnc1)NC1CCCC(C(F)(F)F)C1. The lowest BCUT2D eigenvalue weighted by Crippen LogP contribution is -2.43. The molecule has 0 amide bonds. The van der Waals surface area contributed by atoms with Gasteiger partial charge in [-0.25, -0.2) is 4.98 Å². The van der Waals surface area contributed by atoms with E-state index in [1.165, 1.54) is 0 Å². The molecule has 0 aromatic carbocycles. The fourth-order valence-corrected chi connectivity index (χ4v) is 2.80. The predicted molar refractivity (Wildman–Crippen MR) is 66.6 cm³/mol. The highest BCUT2D eigenvalue weighted by atomic mass is 19.4. The summed E-state index contributed by atoms with van der Waals surface area (Å²) in [6, 6.07) is 0.116. The van der Waals surface area contributed by atoms with E-state index in [9.17, 15) is 13.2 Å². The van der Waals surface area contributed by atoms with Crippen LogP contribution < -0.4 is 5.32 Å². The molecule has 1 saturated carbocycles. The van der Waals surface area contributed by atoms with E-state index in [2.05, 4.69) is 10.3 Å². The molecule has 1 aliphatic rings. The Morgan fingerprint density at radius 2 is 2.21 bits per heavy atom. The number of halogens is 3. The maximum atomic E-state index is 12.7. The van der Waals surface area contributed by atoms with Gasteiger partial charge in [0, 0.05) is 31.0 Å². The van der Waals surface area contributed by atoms with Gasteiger partial charge in [0.1, 0.15) is 0 Å². The average molecular weight is 275 g/mol. The molecular weight excluding hydrogens is 255 g/mol. The molecule has 0 spiro atoms. The minimum absolute atomic E-state index is 0.0288. The number of hydrogen-bond donors (Lipinski definition) is 1. The summed E-state index contributed by atoms with van der Waals surface area (Å²) in [5, 5.41) is 3.31. The van der Waals surface area contributed by atoms with Crippen LogP contribution in [0, 0.1) is 5.92 Å². The van der Waals surface area contributed by atoms with E-state index in [-0.39, 0.29) is 24.9 Å². The number of alkyl halides is 3. The second-order valence-corrected chi connectivity index (χ2v) is 5.43. The van der Waals surface area contributed by atoms with Gasteiger partial charge in [-0.15, -0.1) is 0 Å². The number of imidazole rings is 1. The highest BCUT2D eigenvalue weighted by molar-refractivity contribution is 4.84. The molecule has 1 fully saturated rings. The first-order chi connectivity index (χ1) is 8.95. The Morgan fingerprint density at radius 3 is 2.84 bits per heavy atom. The summed E-state index contributed by atoms with van der Waals surface area (Å²) in [5.74, 6) is -1.14. The van der Waals surface area contributed by atoms with Crippen molar-refractivity contribution in [1.29, 1.82) is 0 Å². The second-order valence-electron chi connectivity index (χ2n) is 5.43. The smallest absolute Gasteiger partial charge is 0.336 e. The van der Waals surface area contributed by atoms with E-state index in [0.29, 0.717) is 6.42 Å². The first-order valence-electron chi connectivity index (χ1n) is 6.73. The van der Waals surface area contributed by atoms with Crippen LogP contribution >= 0.6 is 0 Å². The Bertz CT molecular complexity index is 375. The molecule has 1 aliphatic carbocycles. The van der Waals surface area contributed by atoms with Crippen LogP contribution in [0.15, 0.2) is 18.7 Å². The first-order valence-corrected chi connectivity index (χ1v) is 6.73. The highest BCUT2D eigenvalue weighted by Crippen LogP contribution is 2.37. The number of nitrogens with zero attached hydrogens (tertiary/aromatic N) is 2. The molecule has 0 aliphatic heterocycles. The van der Waals surface area contributed by atoms with Gasteiger partial charge in [0.2, 0.25) is 0 Å². The van der Waals surface area contributed by atoms with Crippen molar-refractivity contribution in [2.45, 2.75) is 57.4 Å². The Hall–Kier alpha value is -1.04. The molecule has 0 radical (unpaired) electrons. The van der Waals surface area contributed by atoms with Gasteiger partial charge in [0.25, 0.3) is 0 Å². The Balaban J connectivity index is 1.82. The van der Waals surface area contributed by atoms with E-state index in [1.807, 2.05) is 17.7 Å². The fraction of sp³-hybridized carbons (Fsp3) is 0.769. The van der Waals surface area contributed by atoms with E-state index in [4.69, 9.17) is 0 Å². The summed E-state index contributed by atoms with van der Waals surface area (Å²) in [6.45, 7) is 2.73. The normalized spacial score (nSPS) is 26.3. The van der Waals surface area contributed by atoms with Crippen molar-refractivity contribution in [3.8, 4) is 0 Å². The summed E-state index contributed by atoms with van der Waals surface area (Å²) in [4.78, 5) is 3.95. The van der Waals surface area contributed by atoms with Gasteiger partial charge in [0.05, 0.1) is 12.2 Å². The highest BCUT2D eigenvalue weighted by Gasteiger charge is 2.42. The topological polar surface area (TPSA) is 29.9 Å². The molecule has 3 nitrogen and oxygen atoms in total. The Labute approximate surface area is 111 Å². The standard InChI is InChI=1S/C13H20F3N3/c1-10(8-19-6-5-17-9-19)18-12-4-2-3-11(7-12)13(14,15)16/h5-6,9-12,18H,2-4,7-8H2,1H3. The number of nitrogens with one attached hydrogen (secondary N) is 1. The summed E-state index contributed by atoms with van der Waals surface area (Å²) in [6.07, 6.45) is 3.20. The molecule has 1 aromatic rings.